The number of rotatable bonds is 2. The fourth-order valence-electron chi connectivity index (χ4n) is 2.28. The van der Waals surface area contributed by atoms with E-state index in [1.165, 1.54) is 4.90 Å². The summed E-state index contributed by atoms with van der Waals surface area (Å²) in [6.45, 7) is 2.82. The summed E-state index contributed by atoms with van der Waals surface area (Å²) in [7, 11) is 1.65. The van der Waals surface area contributed by atoms with Crippen molar-refractivity contribution in [1.82, 2.24) is 4.90 Å². The van der Waals surface area contributed by atoms with Crippen LogP contribution in [0.25, 0.3) is 0 Å². The molecule has 1 aliphatic rings. The molecule has 1 unspecified atom stereocenters. The summed E-state index contributed by atoms with van der Waals surface area (Å²) in [4.78, 5) is 26.5. The van der Waals surface area contributed by atoms with Crippen molar-refractivity contribution in [3.63, 3.8) is 0 Å². The van der Waals surface area contributed by atoms with E-state index in [4.69, 9.17) is 0 Å². The molecule has 1 aromatic carbocycles. The Balaban J connectivity index is 2.28. The lowest BCUT2D eigenvalue weighted by atomic mass is 10.1. The number of amides is 1. The molecule has 1 amide bonds. The van der Waals surface area contributed by atoms with Crippen LogP contribution in [-0.2, 0) is 9.59 Å². The van der Waals surface area contributed by atoms with Crippen molar-refractivity contribution in [1.29, 1.82) is 0 Å². The van der Waals surface area contributed by atoms with Gasteiger partial charge in [-0.15, -0.1) is 0 Å². The van der Waals surface area contributed by atoms with Gasteiger partial charge in [-0.25, -0.2) is 0 Å². The molecule has 102 valence electrons. The normalized spacial score (nSPS) is 20.3. The maximum atomic E-state index is 11.9. The number of carbonyl (C=O) groups excluding carboxylic acids is 1. The molecule has 0 spiro atoms. The molecular weight excluding hydrogens is 244 g/mol. The van der Waals surface area contributed by atoms with Gasteiger partial charge >= 0.3 is 5.97 Å². The summed E-state index contributed by atoms with van der Waals surface area (Å²) in [5, 5.41) is 9.22. The number of benzene rings is 1. The Kier molecular flexibility index (Phi) is 3.74. The van der Waals surface area contributed by atoms with Gasteiger partial charge in [0.15, 0.2) is 0 Å². The molecule has 0 aromatic heterocycles. The number of likely N-dealkylation sites (N-methyl/N-ethyl adjacent to an activating group) is 1. The van der Waals surface area contributed by atoms with E-state index in [-0.39, 0.29) is 19.0 Å². The summed E-state index contributed by atoms with van der Waals surface area (Å²) in [5.41, 5.74) is 1.99. The Hall–Kier alpha value is -2.04. The van der Waals surface area contributed by atoms with Gasteiger partial charge < -0.3 is 14.9 Å². The van der Waals surface area contributed by atoms with Gasteiger partial charge in [0.25, 0.3) is 0 Å². The molecule has 0 saturated carbocycles. The number of anilines is 1. The summed E-state index contributed by atoms with van der Waals surface area (Å²) in [5.74, 6) is -1.47. The van der Waals surface area contributed by atoms with Gasteiger partial charge in [0.05, 0.1) is 12.5 Å². The highest BCUT2D eigenvalue weighted by Crippen LogP contribution is 2.20. The first kappa shape index (κ1) is 13.4. The highest BCUT2D eigenvalue weighted by molar-refractivity contribution is 5.83. The first-order valence-corrected chi connectivity index (χ1v) is 6.26. The zero-order valence-corrected chi connectivity index (χ0v) is 11.2. The zero-order chi connectivity index (χ0) is 14.0. The first-order chi connectivity index (χ1) is 8.97. The molecule has 0 aliphatic carbocycles. The molecule has 19 heavy (non-hydrogen) atoms. The van der Waals surface area contributed by atoms with E-state index in [9.17, 15) is 14.7 Å². The van der Waals surface area contributed by atoms with Gasteiger partial charge in [-0.3, -0.25) is 9.59 Å². The zero-order valence-electron chi connectivity index (χ0n) is 11.2. The van der Waals surface area contributed by atoms with Crippen molar-refractivity contribution in [2.45, 2.75) is 6.92 Å². The van der Waals surface area contributed by atoms with Crippen molar-refractivity contribution >= 4 is 17.6 Å². The maximum Gasteiger partial charge on any atom is 0.310 e. The van der Waals surface area contributed by atoms with Gasteiger partial charge in [0.2, 0.25) is 5.91 Å². The Morgan fingerprint density at radius 2 is 2.11 bits per heavy atom. The van der Waals surface area contributed by atoms with Crippen LogP contribution in [0.1, 0.15) is 5.56 Å². The molecular formula is C14H18N2O3. The van der Waals surface area contributed by atoms with E-state index >= 15 is 0 Å². The SMILES string of the molecule is Cc1cccc(N2CC(=O)N(C)CC(C(=O)O)C2)c1. The van der Waals surface area contributed by atoms with Crippen LogP contribution in [0.4, 0.5) is 5.69 Å². The molecule has 0 radical (unpaired) electrons. The van der Waals surface area contributed by atoms with Crippen LogP contribution in [0.5, 0.6) is 0 Å². The smallest absolute Gasteiger partial charge is 0.310 e. The van der Waals surface area contributed by atoms with E-state index in [2.05, 4.69) is 0 Å². The molecule has 1 heterocycles. The van der Waals surface area contributed by atoms with E-state index in [0.29, 0.717) is 6.54 Å². The lowest BCUT2D eigenvalue weighted by molar-refractivity contribution is -0.142. The van der Waals surface area contributed by atoms with Gasteiger partial charge in [0.1, 0.15) is 0 Å². The summed E-state index contributed by atoms with van der Waals surface area (Å²) in [6, 6.07) is 7.77. The quantitative estimate of drug-likeness (QED) is 0.863. The van der Waals surface area contributed by atoms with E-state index in [1.54, 1.807) is 7.05 Å². The molecule has 1 atom stereocenters. The van der Waals surface area contributed by atoms with Crippen molar-refractivity contribution < 1.29 is 14.7 Å². The third kappa shape index (κ3) is 3.05. The highest BCUT2D eigenvalue weighted by Gasteiger charge is 2.30. The predicted molar refractivity (Wildman–Crippen MR) is 72.2 cm³/mol. The monoisotopic (exact) mass is 262 g/mol. The Morgan fingerprint density at radius 3 is 2.74 bits per heavy atom. The second kappa shape index (κ2) is 5.30. The minimum atomic E-state index is -0.862. The fourth-order valence-corrected chi connectivity index (χ4v) is 2.28. The van der Waals surface area contributed by atoms with Gasteiger partial charge in [-0.05, 0) is 24.6 Å². The van der Waals surface area contributed by atoms with Crippen LogP contribution >= 0.6 is 0 Å². The van der Waals surface area contributed by atoms with Crippen LogP contribution in [-0.4, -0.2) is 48.6 Å². The average molecular weight is 262 g/mol. The van der Waals surface area contributed by atoms with Crippen molar-refractivity contribution in [3.05, 3.63) is 29.8 Å². The van der Waals surface area contributed by atoms with E-state index in [0.717, 1.165) is 11.3 Å². The average Bonchev–Trinajstić information content (AvgIpc) is 2.50. The number of carboxylic acids is 1. The van der Waals surface area contributed by atoms with E-state index < -0.39 is 11.9 Å². The lowest BCUT2D eigenvalue weighted by Gasteiger charge is -2.23. The maximum absolute atomic E-state index is 11.9. The van der Waals surface area contributed by atoms with Crippen LogP contribution in [0.15, 0.2) is 24.3 Å². The van der Waals surface area contributed by atoms with Gasteiger partial charge in [0, 0.05) is 25.8 Å². The van der Waals surface area contributed by atoms with E-state index in [1.807, 2.05) is 36.1 Å². The summed E-state index contributed by atoms with van der Waals surface area (Å²) < 4.78 is 0. The van der Waals surface area contributed by atoms with Crippen LogP contribution < -0.4 is 4.90 Å². The summed E-state index contributed by atoms with van der Waals surface area (Å²) >= 11 is 0. The molecule has 0 bridgehead atoms. The molecule has 5 nitrogen and oxygen atoms in total. The van der Waals surface area contributed by atoms with Crippen LogP contribution in [0.3, 0.4) is 0 Å². The van der Waals surface area contributed by atoms with Crippen molar-refractivity contribution in [3.8, 4) is 0 Å². The standard InChI is InChI=1S/C14H18N2O3/c1-10-4-3-5-12(6-10)16-8-11(14(18)19)7-15(2)13(17)9-16/h3-6,11H,7-9H2,1-2H3,(H,18,19). The fraction of sp³-hybridized carbons (Fsp3) is 0.429. The number of carboxylic acid groups (broad SMARTS) is 1. The second-order valence-electron chi connectivity index (χ2n) is 5.03. The minimum Gasteiger partial charge on any atom is -0.481 e. The third-order valence-electron chi connectivity index (χ3n) is 3.40. The Bertz CT molecular complexity index is 501. The van der Waals surface area contributed by atoms with Gasteiger partial charge in [-0.2, -0.15) is 0 Å². The summed E-state index contributed by atoms with van der Waals surface area (Å²) in [6.07, 6.45) is 0. The first-order valence-electron chi connectivity index (χ1n) is 6.26. The van der Waals surface area contributed by atoms with Gasteiger partial charge in [-0.1, -0.05) is 12.1 Å². The molecule has 2 rings (SSSR count). The topological polar surface area (TPSA) is 60.9 Å². The Labute approximate surface area is 112 Å². The number of aliphatic carboxylic acids is 1. The number of hydrogen-bond acceptors (Lipinski definition) is 3. The second-order valence-corrected chi connectivity index (χ2v) is 5.03. The largest absolute Gasteiger partial charge is 0.481 e. The molecule has 5 heteroatoms. The van der Waals surface area contributed by atoms with Crippen molar-refractivity contribution in [2.75, 3.05) is 31.6 Å². The molecule has 1 saturated heterocycles. The number of nitrogens with zero attached hydrogens (tertiary/aromatic N) is 2. The lowest BCUT2D eigenvalue weighted by Crippen LogP contribution is -2.34. The number of carbonyl (C=O) groups is 2. The van der Waals surface area contributed by atoms with Crippen molar-refractivity contribution in [2.24, 2.45) is 5.92 Å². The molecule has 1 aromatic rings. The highest BCUT2D eigenvalue weighted by atomic mass is 16.4. The predicted octanol–water partition coefficient (Wildman–Crippen LogP) is 0.974. The number of aryl methyl sites for hydroxylation is 1. The third-order valence-corrected chi connectivity index (χ3v) is 3.40. The Morgan fingerprint density at radius 1 is 1.37 bits per heavy atom. The number of hydrogen-bond donors (Lipinski definition) is 1. The van der Waals surface area contributed by atoms with Crippen LogP contribution in [0.2, 0.25) is 0 Å². The molecule has 1 N–H and O–H groups in total. The molecule has 1 aliphatic heterocycles. The molecule has 1 fully saturated rings. The van der Waals surface area contributed by atoms with Crippen LogP contribution in [0, 0.1) is 12.8 Å². The minimum absolute atomic E-state index is 0.0507.